The highest BCUT2D eigenvalue weighted by molar-refractivity contribution is 5.79. The summed E-state index contributed by atoms with van der Waals surface area (Å²) in [4.78, 5) is 21.0. The first-order chi connectivity index (χ1) is 11.7. The number of anilines is 1. The zero-order valence-corrected chi connectivity index (χ0v) is 14.4. The van der Waals surface area contributed by atoms with Gasteiger partial charge in [-0.2, -0.15) is 0 Å². The number of carbonyl (C=O) groups is 1. The van der Waals surface area contributed by atoms with E-state index in [0.717, 1.165) is 36.6 Å². The molecule has 0 unspecified atom stereocenters. The lowest BCUT2D eigenvalue weighted by Gasteiger charge is -2.35. The summed E-state index contributed by atoms with van der Waals surface area (Å²) in [5, 5.41) is 2.87. The van der Waals surface area contributed by atoms with Crippen molar-refractivity contribution in [2.75, 3.05) is 51.3 Å². The van der Waals surface area contributed by atoms with Gasteiger partial charge in [-0.05, 0) is 19.1 Å². The van der Waals surface area contributed by atoms with Crippen molar-refractivity contribution in [3.8, 4) is 0 Å². The second kappa shape index (κ2) is 7.53. The van der Waals surface area contributed by atoms with E-state index in [1.165, 1.54) is 0 Å². The zero-order valence-electron chi connectivity index (χ0n) is 14.4. The molecule has 0 saturated carbocycles. The molecule has 1 aromatic carbocycles. The first-order valence-electron chi connectivity index (χ1n) is 8.46. The number of aryl methyl sites for hydroxylation is 1. The Bertz CT molecular complexity index is 691. The second-order valence-electron chi connectivity index (χ2n) is 5.84. The van der Waals surface area contributed by atoms with E-state index in [1.807, 2.05) is 23.1 Å². The molecule has 2 aromatic rings. The van der Waals surface area contributed by atoms with Gasteiger partial charge >= 0.3 is 6.03 Å². The lowest BCUT2D eigenvalue weighted by atomic mass is 10.3. The van der Waals surface area contributed by atoms with Crippen LogP contribution in [0.2, 0.25) is 0 Å². The van der Waals surface area contributed by atoms with Crippen molar-refractivity contribution in [2.45, 2.75) is 13.5 Å². The van der Waals surface area contributed by atoms with Crippen LogP contribution in [0.5, 0.6) is 0 Å². The number of methoxy groups -OCH3 is 1. The van der Waals surface area contributed by atoms with E-state index in [1.54, 1.807) is 7.11 Å². The average molecular weight is 331 g/mol. The van der Waals surface area contributed by atoms with E-state index in [-0.39, 0.29) is 6.03 Å². The number of imidazole rings is 1. The van der Waals surface area contributed by atoms with Gasteiger partial charge in [0.25, 0.3) is 0 Å². The van der Waals surface area contributed by atoms with Crippen molar-refractivity contribution in [3.05, 3.63) is 24.3 Å². The Balaban J connectivity index is 1.66. The number of piperazine rings is 1. The highest BCUT2D eigenvalue weighted by Crippen LogP contribution is 2.23. The maximum atomic E-state index is 12.1. The number of hydrogen-bond acceptors (Lipinski definition) is 4. The molecule has 0 spiro atoms. The number of amides is 2. The molecule has 7 heteroatoms. The van der Waals surface area contributed by atoms with Crippen LogP contribution in [0.25, 0.3) is 11.0 Å². The van der Waals surface area contributed by atoms with Gasteiger partial charge in [-0.1, -0.05) is 12.1 Å². The number of para-hydroxylation sites is 2. The SMILES string of the molecule is CCn1c(N2CCN(C(=O)NCCOC)CC2)nc2ccccc21. The van der Waals surface area contributed by atoms with Crippen LogP contribution >= 0.6 is 0 Å². The summed E-state index contributed by atoms with van der Waals surface area (Å²) in [5.74, 6) is 0.998. The average Bonchev–Trinajstić information content (AvgIpc) is 3.00. The Morgan fingerprint density at radius 3 is 2.71 bits per heavy atom. The molecule has 0 radical (unpaired) electrons. The molecule has 130 valence electrons. The van der Waals surface area contributed by atoms with Gasteiger partial charge in [0, 0.05) is 46.4 Å². The van der Waals surface area contributed by atoms with Crippen LogP contribution < -0.4 is 10.2 Å². The Kier molecular flexibility index (Phi) is 5.20. The summed E-state index contributed by atoms with van der Waals surface area (Å²) in [5.41, 5.74) is 2.18. The fraction of sp³-hybridized carbons (Fsp3) is 0.529. The third kappa shape index (κ3) is 3.31. The van der Waals surface area contributed by atoms with Crippen molar-refractivity contribution in [1.82, 2.24) is 19.8 Å². The molecule has 1 aliphatic rings. The fourth-order valence-electron chi connectivity index (χ4n) is 3.10. The molecule has 2 heterocycles. The van der Waals surface area contributed by atoms with Crippen LogP contribution in [0.15, 0.2) is 24.3 Å². The first-order valence-corrected chi connectivity index (χ1v) is 8.46. The smallest absolute Gasteiger partial charge is 0.317 e. The number of benzene rings is 1. The van der Waals surface area contributed by atoms with Gasteiger partial charge < -0.3 is 24.4 Å². The predicted octanol–water partition coefficient (Wildman–Crippen LogP) is 1.53. The maximum absolute atomic E-state index is 12.1. The largest absolute Gasteiger partial charge is 0.383 e. The van der Waals surface area contributed by atoms with Gasteiger partial charge in [-0.3, -0.25) is 0 Å². The maximum Gasteiger partial charge on any atom is 0.317 e. The van der Waals surface area contributed by atoms with E-state index < -0.39 is 0 Å². The lowest BCUT2D eigenvalue weighted by Crippen LogP contribution is -2.52. The molecule has 2 amide bonds. The van der Waals surface area contributed by atoms with Crippen LogP contribution in [-0.2, 0) is 11.3 Å². The summed E-state index contributed by atoms with van der Waals surface area (Å²) in [6, 6.07) is 8.19. The van der Waals surface area contributed by atoms with Gasteiger partial charge in [0.2, 0.25) is 5.95 Å². The topological polar surface area (TPSA) is 62.6 Å². The quantitative estimate of drug-likeness (QED) is 0.844. The molecule has 24 heavy (non-hydrogen) atoms. The second-order valence-corrected chi connectivity index (χ2v) is 5.84. The highest BCUT2D eigenvalue weighted by atomic mass is 16.5. The van der Waals surface area contributed by atoms with Gasteiger partial charge in [0.15, 0.2) is 0 Å². The molecular weight excluding hydrogens is 306 g/mol. The number of fused-ring (bicyclic) bond motifs is 1. The van der Waals surface area contributed by atoms with E-state index in [0.29, 0.717) is 26.2 Å². The minimum atomic E-state index is -0.0179. The van der Waals surface area contributed by atoms with Gasteiger partial charge in [-0.15, -0.1) is 0 Å². The lowest BCUT2D eigenvalue weighted by molar-refractivity contribution is 0.177. The van der Waals surface area contributed by atoms with Crippen LogP contribution in [-0.4, -0.2) is 66.9 Å². The molecule has 7 nitrogen and oxygen atoms in total. The predicted molar refractivity (Wildman–Crippen MR) is 94.5 cm³/mol. The van der Waals surface area contributed by atoms with Gasteiger partial charge in [0.1, 0.15) is 0 Å². The van der Waals surface area contributed by atoms with Crippen LogP contribution in [0.4, 0.5) is 10.7 Å². The van der Waals surface area contributed by atoms with E-state index in [4.69, 9.17) is 9.72 Å². The number of aromatic nitrogens is 2. The molecule has 1 aliphatic heterocycles. The Hall–Kier alpha value is -2.28. The molecule has 1 N–H and O–H groups in total. The number of rotatable bonds is 5. The molecule has 3 rings (SSSR count). The molecule has 0 atom stereocenters. The van der Waals surface area contributed by atoms with E-state index in [9.17, 15) is 4.79 Å². The van der Waals surface area contributed by atoms with Crippen molar-refractivity contribution in [3.63, 3.8) is 0 Å². The van der Waals surface area contributed by atoms with Crippen molar-refractivity contribution >= 4 is 23.0 Å². The van der Waals surface area contributed by atoms with Crippen molar-refractivity contribution < 1.29 is 9.53 Å². The molecular formula is C17H25N5O2. The summed E-state index contributed by atoms with van der Waals surface area (Å²) in [6.07, 6.45) is 0. The number of nitrogens with zero attached hydrogens (tertiary/aromatic N) is 4. The number of ether oxygens (including phenoxy) is 1. The standard InChI is InChI=1S/C17H25N5O2/c1-3-22-15-7-5-4-6-14(15)19-16(22)20-9-11-21(12-10-20)17(23)18-8-13-24-2/h4-7H,3,8-13H2,1-2H3,(H,18,23). The third-order valence-electron chi connectivity index (χ3n) is 4.38. The van der Waals surface area contributed by atoms with E-state index in [2.05, 4.69) is 27.8 Å². The third-order valence-corrected chi connectivity index (χ3v) is 4.38. The van der Waals surface area contributed by atoms with E-state index >= 15 is 0 Å². The molecule has 1 fully saturated rings. The Labute approximate surface area is 142 Å². The van der Waals surface area contributed by atoms with Gasteiger partial charge in [0.05, 0.1) is 17.6 Å². The highest BCUT2D eigenvalue weighted by Gasteiger charge is 2.24. The summed E-state index contributed by atoms with van der Waals surface area (Å²) in [6.45, 7) is 7.08. The normalized spacial score (nSPS) is 15.1. The number of urea groups is 1. The number of hydrogen-bond donors (Lipinski definition) is 1. The molecule has 1 aromatic heterocycles. The number of carbonyl (C=O) groups excluding carboxylic acids is 1. The zero-order chi connectivity index (χ0) is 16.9. The summed E-state index contributed by atoms with van der Waals surface area (Å²) >= 11 is 0. The first kappa shape index (κ1) is 16.6. The number of nitrogens with one attached hydrogen (secondary N) is 1. The summed E-state index contributed by atoms with van der Waals surface area (Å²) in [7, 11) is 1.63. The van der Waals surface area contributed by atoms with Crippen LogP contribution in [0.3, 0.4) is 0 Å². The van der Waals surface area contributed by atoms with Crippen LogP contribution in [0.1, 0.15) is 6.92 Å². The minimum Gasteiger partial charge on any atom is -0.383 e. The molecule has 0 aliphatic carbocycles. The van der Waals surface area contributed by atoms with Crippen molar-refractivity contribution in [2.24, 2.45) is 0 Å². The Morgan fingerprint density at radius 1 is 1.25 bits per heavy atom. The summed E-state index contributed by atoms with van der Waals surface area (Å²) < 4.78 is 7.20. The van der Waals surface area contributed by atoms with Crippen LogP contribution in [0, 0.1) is 0 Å². The fourth-order valence-corrected chi connectivity index (χ4v) is 3.10. The molecule has 0 bridgehead atoms. The monoisotopic (exact) mass is 331 g/mol. The van der Waals surface area contributed by atoms with Gasteiger partial charge in [-0.25, -0.2) is 9.78 Å². The molecule has 1 saturated heterocycles. The minimum absolute atomic E-state index is 0.0179. The Morgan fingerprint density at radius 2 is 2.00 bits per heavy atom. The van der Waals surface area contributed by atoms with Crippen molar-refractivity contribution in [1.29, 1.82) is 0 Å².